The standard InChI is InChI=1S/C18H16Cl2N2O3/c1-10(16(23)25-2)22-18(12-5-3-4-6-14(12)20)13-9-11(19)7-8-15(13)21-17(18)24/h3-10,22H,1-2H3,(H,21,24)/t10-,18?/m0/s1. The number of ether oxygens (including phenoxy) is 1. The summed E-state index contributed by atoms with van der Waals surface area (Å²) in [4.78, 5) is 25.0. The zero-order valence-corrected chi connectivity index (χ0v) is 15.1. The summed E-state index contributed by atoms with van der Waals surface area (Å²) in [7, 11) is 1.29. The number of rotatable bonds is 4. The number of halogens is 2. The van der Waals surface area contributed by atoms with Crippen molar-refractivity contribution in [1.29, 1.82) is 0 Å². The first-order chi connectivity index (χ1) is 11.9. The first-order valence-electron chi connectivity index (χ1n) is 7.62. The average molecular weight is 379 g/mol. The van der Waals surface area contributed by atoms with Crippen LogP contribution >= 0.6 is 23.2 Å². The fourth-order valence-corrected chi connectivity index (χ4v) is 3.54. The molecule has 1 amide bonds. The van der Waals surface area contributed by atoms with E-state index in [4.69, 9.17) is 27.9 Å². The number of esters is 1. The number of fused-ring (bicyclic) bond motifs is 1. The molecule has 25 heavy (non-hydrogen) atoms. The zero-order valence-electron chi connectivity index (χ0n) is 13.6. The van der Waals surface area contributed by atoms with Crippen LogP contribution in [-0.2, 0) is 19.9 Å². The van der Waals surface area contributed by atoms with E-state index in [1.807, 2.05) is 0 Å². The van der Waals surface area contributed by atoms with E-state index in [1.54, 1.807) is 49.4 Å². The highest BCUT2D eigenvalue weighted by molar-refractivity contribution is 6.32. The van der Waals surface area contributed by atoms with Crippen LogP contribution in [0.25, 0.3) is 0 Å². The number of carbonyl (C=O) groups is 2. The summed E-state index contributed by atoms with van der Waals surface area (Å²) in [5.74, 6) is -0.830. The van der Waals surface area contributed by atoms with Gasteiger partial charge in [0.2, 0.25) is 0 Å². The van der Waals surface area contributed by atoms with E-state index in [1.165, 1.54) is 7.11 Å². The molecule has 7 heteroatoms. The number of benzene rings is 2. The lowest BCUT2D eigenvalue weighted by atomic mass is 9.83. The van der Waals surface area contributed by atoms with Gasteiger partial charge in [-0.05, 0) is 31.2 Å². The lowest BCUT2D eigenvalue weighted by Crippen LogP contribution is -2.55. The van der Waals surface area contributed by atoms with Crippen molar-refractivity contribution in [1.82, 2.24) is 5.32 Å². The predicted octanol–water partition coefficient (Wildman–Crippen LogP) is 3.34. The van der Waals surface area contributed by atoms with E-state index in [-0.39, 0.29) is 5.91 Å². The molecule has 0 aromatic heterocycles. The SMILES string of the molecule is COC(=O)[C@H](C)NC1(c2ccccc2Cl)C(=O)Nc2ccc(Cl)cc21. The van der Waals surface area contributed by atoms with E-state index in [2.05, 4.69) is 10.6 Å². The third-order valence-corrected chi connectivity index (χ3v) is 4.80. The van der Waals surface area contributed by atoms with E-state index in [9.17, 15) is 9.59 Å². The molecule has 0 aliphatic carbocycles. The second kappa shape index (κ2) is 6.67. The average Bonchev–Trinajstić information content (AvgIpc) is 2.86. The van der Waals surface area contributed by atoms with Gasteiger partial charge in [-0.2, -0.15) is 0 Å². The summed E-state index contributed by atoms with van der Waals surface area (Å²) in [6, 6.07) is 11.3. The fraction of sp³-hybridized carbons (Fsp3) is 0.222. The quantitative estimate of drug-likeness (QED) is 0.800. The van der Waals surface area contributed by atoms with Gasteiger partial charge in [0, 0.05) is 26.9 Å². The van der Waals surface area contributed by atoms with Crippen LogP contribution in [0, 0.1) is 0 Å². The zero-order chi connectivity index (χ0) is 18.2. The van der Waals surface area contributed by atoms with Crippen LogP contribution in [0.4, 0.5) is 5.69 Å². The number of hydrogen-bond acceptors (Lipinski definition) is 4. The molecule has 2 N–H and O–H groups in total. The van der Waals surface area contributed by atoms with Crippen LogP contribution in [0.3, 0.4) is 0 Å². The van der Waals surface area contributed by atoms with Gasteiger partial charge in [-0.3, -0.25) is 14.9 Å². The van der Waals surface area contributed by atoms with Crippen LogP contribution < -0.4 is 10.6 Å². The van der Waals surface area contributed by atoms with Crippen molar-refractivity contribution < 1.29 is 14.3 Å². The molecule has 1 aliphatic rings. The van der Waals surface area contributed by atoms with Crippen molar-refractivity contribution in [2.24, 2.45) is 0 Å². The highest BCUT2D eigenvalue weighted by atomic mass is 35.5. The Morgan fingerprint density at radius 3 is 2.60 bits per heavy atom. The van der Waals surface area contributed by atoms with Crippen molar-refractivity contribution in [3.05, 3.63) is 63.6 Å². The van der Waals surface area contributed by atoms with Gasteiger partial charge in [-0.15, -0.1) is 0 Å². The van der Waals surface area contributed by atoms with Crippen LogP contribution in [0.5, 0.6) is 0 Å². The van der Waals surface area contributed by atoms with Crippen molar-refractivity contribution >= 4 is 40.8 Å². The van der Waals surface area contributed by atoms with E-state index < -0.39 is 17.6 Å². The van der Waals surface area contributed by atoms with Gasteiger partial charge in [-0.25, -0.2) is 0 Å². The second-order valence-electron chi connectivity index (χ2n) is 5.76. The number of hydrogen-bond donors (Lipinski definition) is 2. The Labute approximate surface area is 155 Å². The van der Waals surface area contributed by atoms with Gasteiger partial charge in [0.05, 0.1) is 7.11 Å². The van der Waals surface area contributed by atoms with Gasteiger partial charge in [-0.1, -0.05) is 41.4 Å². The number of carbonyl (C=O) groups excluding carboxylic acids is 2. The minimum absolute atomic E-state index is 0.339. The molecule has 2 aromatic rings. The predicted molar refractivity (Wildman–Crippen MR) is 96.9 cm³/mol. The molecule has 1 heterocycles. The molecule has 1 aliphatic heterocycles. The first kappa shape index (κ1) is 17.7. The van der Waals surface area contributed by atoms with Crippen LogP contribution in [-0.4, -0.2) is 25.0 Å². The monoisotopic (exact) mass is 378 g/mol. The Morgan fingerprint density at radius 2 is 1.92 bits per heavy atom. The minimum atomic E-state index is -1.35. The van der Waals surface area contributed by atoms with Gasteiger partial charge in [0.15, 0.2) is 5.54 Å². The number of nitrogens with one attached hydrogen (secondary N) is 2. The Balaban J connectivity index is 2.25. The summed E-state index contributed by atoms with van der Waals surface area (Å²) in [6.45, 7) is 1.63. The molecule has 0 radical (unpaired) electrons. The molecule has 2 atom stereocenters. The molecule has 1 unspecified atom stereocenters. The van der Waals surface area contributed by atoms with E-state index >= 15 is 0 Å². The second-order valence-corrected chi connectivity index (χ2v) is 6.61. The summed E-state index contributed by atoms with van der Waals surface area (Å²) in [5.41, 5.74) is 0.394. The highest BCUT2D eigenvalue weighted by Gasteiger charge is 2.50. The Kier molecular flexibility index (Phi) is 4.73. The number of anilines is 1. The molecular formula is C18H16Cl2N2O3. The Bertz CT molecular complexity index is 856. The summed E-state index contributed by atoms with van der Waals surface area (Å²) >= 11 is 12.6. The van der Waals surface area contributed by atoms with Crippen LogP contribution in [0.1, 0.15) is 18.1 Å². The summed E-state index contributed by atoms with van der Waals surface area (Å²) in [5, 5.41) is 6.81. The molecule has 0 spiro atoms. The largest absolute Gasteiger partial charge is 0.468 e. The maximum atomic E-state index is 13.0. The fourth-order valence-electron chi connectivity index (χ4n) is 3.09. The molecule has 2 aromatic carbocycles. The molecular weight excluding hydrogens is 363 g/mol. The summed E-state index contributed by atoms with van der Waals surface area (Å²) < 4.78 is 4.79. The Morgan fingerprint density at radius 1 is 1.20 bits per heavy atom. The highest BCUT2D eigenvalue weighted by Crippen LogP contribution is 2.44. The number of amides is 1. The van der Waals surface area contributed by atoms with Crippen LogP contribution in [0.15, 0.2) is 42.5 Å². The minimum Gasteiger partial charge on any atom is -0.468 e. The van der Waals surface area contributed by atoms with E-state index in [0.717, 1.165) is 0 Å². The van der Waals surface area contributed by atoms with Gasteiger partial charge in [0.25, 0.3) is 5.91 Å². The number of methoxy groups -OCH3 is 1. The molecule has 3 rings (SSSR count). The lowest BCUT2D eigenvalue weighted by Gasteiger charge is -2.32. The normalized spacial score (nSPS) is 19.9. The smallest absolute Gasteiger partial charge is 0.322 e. The molecule has 0 saturated carbocycles. The van der Waals surface area contributed by atoms with Crippen molar-refractivity contribution in [2.75, 3.05) is 12.4 Å². The molecule has 0 bridgehead atoms. The molecule has 0 saturated heterocycles. The van der Waals surface area contributed by atoms with Gasteiger partial charge < -0.3 is 10.1 Å². The third-order valence-electron chi connectivity index (χ3n) is 4.24. The van der Waals surface area contributed by atoms with Crippen molar-refractivity contribution in [2.45, 2.75) is 18.5 Å². The molecule has 5 nitrogen and oxygen atoms in total. The third kappa shape index (κ3) is 2.88. The summed E-state index contributed by atoms with van der Waals surface area (Å²) in [6.07, 6.45) is 0. The Hall–Kier alpha value is -2.08. The maximum absolute atomic E-state index is 13.0. The maximum Gasteiger partial charge on any atom is 0.322 e. The van der Waals surface area contributed by atoms with Crippen molar-refractivity contribution in [3.63, 3.8) is 0 Å². The van der Waals surface area contributed by atoms with E-state index in [0.29, 0.717) is 26.9 Å². The van der Waals surface area contributed by atoms with Gasteiger partial charge >= 0.3 is 5.97 Å². The molecule has 0 fully saturated rings. The van der Waals surface area contributed by atoms with Crippen molar-refractivity contribution in [3.8, 4) is 0 Å². The first-order valence-corrected chi connectivity index (χ1v) is 8.37. The lowest BCUT2D eigenvalue weighted by molar-refractivity contribution is -0.143. The molecule has 130 valence electrons. The van der Waals surface area contributed by atoms with Crippen LogP contribution in [0.2, 0.25) is 10.0 Å². The van der Waals surface area contributed by atoms with Gasteiger partial charge in [0.1, 0.15) is 6.04 Å². The topological polar surface area (TPSA) is 67.4 Å².